The molecule has 0 aliphatic heterocycles. The zero-order chi connectivity index (χ0) is 11.4. The predicted molar refractivity (Wildman–Crippen MR) is 58.8 cm³/mol. The van der Waals surface area contributed by atoms with E-state index >= 15 is 0 Å². The molecule has 0 spiro atoms. The minimum atomic E-state index is -0.491. The van der Waals surface area contributed by atoms with Crippen LogP contribution >= 0.6 is 0 Å². The van der Waals surface area contributed by atoms with Crippen molar-refractivity contribution in [1.82, 2.24) is 0 Å². The van der Waals surface area contributed by atoms with Crippen LogP contribution in [0.25, 0.3) is 0 Å². The average Bonchev–Trinajstić information content (AvgIpc) is 2.19. The lowest BCUT2D eigenvalue weighted by Gasteiger charge is -2.14. The van der Waals surface area contributed by atoms with E-state index in [1.54, 1.807) is 6.08 Å². The second-order valence-corrected chi connectivity index (χ2v) is 3.41. The molecular formula is C11H15FN2O. The van der Waals surface area contributed by atoms with Crippen LogP contribution in [0.5, 0.6) is 5.75 Å². The molecule has 0 saturated heterocycles. The van der Waals surface area contributed by atoms with E-state index in [1.165, 1.54) is 6.07 Å². The normalized spacial score (nSPS) is 12.4. The standard InChI is InChI=1S/C11H15FN2O/c1-2-3-4-9(13)8-5-7(12)6-10(14)11(8)15/h2,5-6,9,15H,1,3-4,13-14H2/t9-/m0/s1. The van der Waals surface area contributed by atoms with Crippen LogP contribution in [0.4, 0.5) is 10.1 Å². The number of benzene rings is 1. The van der Waals surface area contributed by atoms with Crippen molar-refractivity contribution < 1.29 is 9.50 Å². The van der Waals surface area contributed by atoms with Gasteiger partial charge in [-0.1, -0.05) is 6.08 Å². The summed E-state index contributed by atoms with van der Waals surface area (Å²) in [6.07, 6.45) is 3.02. The van der Waals surface area contributed by atoms with Gasteiger partial charge in [-0.05, 0) is 18.9 Å². The van der Waals surface area contributed by atoms with Gasteiger partial charge in [0.2, 0.25) is 0 Å². The van der Waals surface area contributed by atoms with Crippen molar-refractivity contribution in [3.63, 3.8) is 0 Å². The largest absolute Gasteiger partial charge is 0.505 e. The lowest BCUT2D eigenvalue weighted by molar-refractivity contribution is 0.458. The number of nitrogen functional groups attached to an aromatic ring is 1. The molecule has 0 aliphatic carbocycles. The second-order valence-electron chi connectivity index (χ2n) is 3.41. The van der Waals surface area contributed by atoms with E-state index in [0.29, 0.717) is 18.4 Å². The molecule has 82 valence electrons. The summed E-state index contributed by atoms with van der Waals surface area (Å²) in [7, 11) is 0. The summed E-state index contributed by atoms with van der Waals surface area (Å²) in [6, 6.07) is 1.85. The van der Waals surface area contributed by atoms with Gasteiger partial charge >= 0.3 is 0 Å². The maximum absolute atomic E-state index is 13.0. The van der Waals surface area contributed by atoms with Crippen molar-refractivity contribution >= 4 is 5.69 Å². The van der Waals surface area contributed by atoms with E-state index < -0.39 is 11.9 Å². The monoisotopic (exact) mass is 210 g/mol. The van der Waals surface area contributed by atoms with E-state index in [1.807, 2.05) is 0 Å². The highest BCUT2D eigenvalue weighted by molar-refractivity contribution is 5.57. The zero-order valence-electron chi connectivity index (χ0n) is 8.41. The summed E-state index contributed by atoms with van der Waals surface area (Å²) < 4.78 is 13.0. The molecule has 0 bridgehead atoms. The van der Waals surface area contributed by atoms with Crippen LogP contribution in [-0.4, -0.2) is 5.11 Å². The van der Waals surface area contributed by atoms with E-state index in [0.717, 1.165) is 6.07 Å². The Kier molecular flexibility index (Phi) is 3.68. The summed E-state index contributed by atoms with van der Waals surface area (Å²) >= 11 is 0. The molecule has 0 amide bonds. The molecule has 1 rings (SSSR count). The number of phenols is 1. The molecule has 0 aliphatic rings. The lowest BCUT2D eigenvalue weighted by atomic mass is 10.0. The number of hydrogen-bond donors (Lipinski definition) is 3. The third-order valence-electron chi connectivity index (χ3n) is 2.21. The lowest BCUT2D eigenvalue weighted by Crippen LogP contribution is -2.11. The third-order valence-corrected chi connectivity index (χ3v) is 2.21. The number of phenolic OH excluding ortho intramolecular Hbond substituents is 1. The quantitative estimate of drug-likeness (QED) is 0.404. The van der Waals surface area contributed by atoms with Crippen molar-refractivity contribution in [1.29, 1.82) is 0 Å². The number of anilines is 1. The van der Waals surface area contributed by atoms with Gasteiger partial charge < -0.3 is 16.6 Å². The van der Waals surface area contributed by atoms with Crippen LogP contribution in [0.15, 0.2) is 24.8 Å². The minimum absolute atomic E-state index is 0.0130. The first-order valence-corrected chi connectivity index (χ1v) is 4.70. The highest BCUT2D eigenvalue weighted by Crippen LogP contribution is 2.31. The SMILES string of the molecule is C=CCC[C@H](N)c1cc(F)cc(N)c1O. The fraction of sp³-hybridized carbons (Fsp3) is 0.273. The summed E-state index contributed by atoms with van der Waals surface area (Å²) in [5.41, 5.74) is 11.6. The highest BCUT2D eigenvalue weighted by Gasteiger charge is 2.14. The molecule has 1 atom stereocenters. The van der Waals surface area contributed by atoms with Crippen molar-refractivity contribution in [2.24, 2.45) is 5.73 Å². The van der Waals surface area contributed by atoms with Gasteiger partial charge in [0.15, 0.2) is 0 Å². The van der Waals surface area contributed by atoms with Gasteiger partial charge in [-0.15, -0.1) is 6.58 Å². The number of nitrogens with two attached hydrogens (primary N) is 2. The maximum Gasteiger partial charge on any atom is 0.143 e. The number of rotatable bonds is 4. The first-order chi connectivity index (χ1) is 7.06. The molecule has 0 fully saturated rings. The number of hydrogen-bond acceptors (Lipinski definition) is 3. The van der Waals surface area contributed by atoms with Crippen molar-refractivity contribution in [3.05, 3.63) is 36.2 Å². The van der Waals surface area contributed by atoms with E-state index in [2.05, 4.69) is 6.58 Å². The first-order valence-electron chi connectivity index (χ1n) is 4.70. The Hall–Kier alpha value is -1.55. The molecule has 0 radical (unpaired) electrons. The van der Waals surface area contributed by atoms with Crippen LogP contribution in [0.3, 0.4) is 0 Å². The van der Waals surface area contributed by atoms with Crippen molar-refractivity contribution in [3.8, 4) is 5.75 Å². The fourth-order valence-corrected chi connectivity index (χ4v) is 1.38. The molecule has 0 aromatic heterocycles. The number of halogens is 1. The molecule has 1 aromatic carbocycles. The Morgan fingerprint density at radius 1 is 1.53 bits per heavy atom. The van der Waals surface area contributed by atoms with Crippen molar-refractivity contribution in [2.75, 3.05) is 5.73 Å². The van der Waals surface area contributed by atoms with Gasteiger partial charge in [0, 0.05) is 17.7 Å². The van der Waals surface area contributed by atoms with Crippen LogP contribution < -0.4 is 11.5 Å². The average molecular weight is 210 g/mol. The molecule has 5 N–H and O–H groups in total. The number of aromatic hydroxyl groups is 1. The molecule has 0 unspecified atom stereocenters. The first kappa shape index (κ1) is 11.5. The Labute approximate surface area is 88.2 Å². The van der Waals surface area contributed by atoms with Gasteiger partial charge in [0.1, 0.15) is 11.6 Å². The van der Waals surface area contributed by atoms with Gasteiger partial charge in [0.05, 0.1) is 5.69 Å². The predicted octanol–water partition coefficient (Wildman–Crippen LogP) is 2.08. The smallest absolute Gasteiger partial charge is 0.143 e. The van der Waals surface area contributed by atoms with Gasteiger partial charge in [0.25, 0.3) is 0 Å². The molecule has 0 heterocycles. The second kappa shape index (κ2) is 4.79. The summed E-state index contributed by atoms with van der Waals surface area (Å²) in [5.74, 6) is -0.623. The Morgan fingerprint density at radius 3 is 2.80 bits per heavy atom. The summed E-state index contributed by atoms with van der Waals surface area (Å²) in [4.78, 5) is 0. The molecule has 3 nitrogen and oxygen atoms in total. The van der Waals surface area contributed by atoms with E-state index in [4.69, 9.17) is 11.5 Å². The van der Waals surface area contributed by atoms with Gasteiger partial charge in [-0.2, -0.15) is 0 Å². The van der Waals surface area contributed by atoms with Crippen molar-refractivity contribution in [2.45, 2.75) is 18.9 Å². The van der Waals surface area contributed by atoms with Crippen LogP contribution in [0.2, 0.25) is 0 Å². The van der Waals surface area contributed by atoms with Crippen LogP contribution in [-0.2, 0) is 0 Å². The van der Waals surface area contributed by atoms with Gasteiger partial charge in [-0.25, -0.2) is 4.39 Å². The zero-order valence-corrected chi connectivity index (χ0v) is 8.41. The molecule has 4 heteroatoms. The van der Waals surface area contributed by atoms with Crippen LogP contribution in [0.1, 0.15) is 24.4 Å². The minimum Gasteiger partial charge on any atom is -0.505 e. The number of allylic oxidation sites excluding steroid dienone is 1. The highest BCUT2D eigenvalue weighted by atomic mass is 19.1. The van der Waals surface area contributed by atoms with Gasteiger partial charge in [-0.3, -0.25) is 0 Å². The fourth-order valence-electron chi connectivity index (χ4n) is 1.38. The van der Waals surface area contributed by atoms with E-state index in [9.17, 15) is 9.50 Å². The summed E-state index contributed by atoms with van der Waals surface area (Å²) in [5, 5.41) is 9.59. The Morgan fingerprint density at radius 2 is 2.20 bits per heavy atom. The molecular weight excluding hydrogens is 195 g/mol. The maximum atomic E-state index is 13.0. The molecule has 15 heavy (non-hydrogen) atoms. The Bertz CT molecular complexity index is 366. The summed E-state index contributed by atoms with van der Waals surface area (Å²) in [6.45, 7) is 3.57. The topological polar surface area (TPSA) is 72.3 Å². The Balaban J connectivity index is 2.96. The molecule has 1 aromatic rings. The molecule has 0 saturated carbocycles. The van der Waals surface area contributed by atoms with Crippen LogP contribution in [0, 0.1) is 5.82 Å². The third kappa shape index (κ3) is 2.70. The van der Waals surface area contributed by atoms with E-state index in [-0.39, 0.29) is 11.4 Å².